The highest BCUT2D eigenvalue weighted by Gasteiger charge is 2.14. The largest absolute Gasteiger partial charge is 0.355 e. The number of fused-ring (bicyclic) bond motifs is 1. The van der Waals surface area contributed by atoms with E-state index >= 15 is 0 Å². The van der Waals surface area contributed by atoms with Crippen molar-refractivity contribution in [2.75, 3.05) is 7.05 Å². The van der Waals surface area contributed by atoms with Crippen molar-refractivity contribution >= 4 is 23.2 Å². The fourth-order valence-corrected chi connectivity index (χ4v) is 2.77. The number of pyridine rings is 1. The lowest BCUT2D eigenvalue weighted by atomic mass is 10.0. The first-order chi connectivity index (χ1) is 10.5. The van der Waals surface area contributed by atoms with Crippen molar-refractivity contribution in [3.63, 3.8) is 0 Å². The van der Waals surface area contributed by atoms with E-state index in [1.807, 2.05) is 54.8 Å². The minimum Gasteiger partial charge on any atom is -0.355 e. The van der Waals surface area contributed by atoms with Crippen LogP contribution in [0.15, 0.2) is 36.5 Å². The number of amides is 1. The van der Waals surface area contributed by atoms with Gasteiger partial charge in [0.1, 0.15) is 5.65 Å². The summed E-state index contributed by atoms with van der Waals surface area (Å²) < 4.78 is 2.01. The highest BCUT2D eigenvalue weighted by atomic mass is 35.5. The molecule has 3 rings (SSSR count). The Morgan fingerprint density at radius 2 is 2.00 bits per heavy atom. The molecule has 2 aromatic heterocycles. The second kappa shape index (κ2) is 5.46. The molecule has 0 bridgehead atoms. The molecule has 0 saturated heterocycles. The maximum Gasteiger partial charge on any atom is 0.251 e. The van der Waals surface area contributed by atoms with Crippen LogP contribution in [-0.4, -0.2) is 22.3 Å². The number of carbonyl (C=O) groups excluding carboxylic acids is 1. The predicted molar refractivity (Wildman–Crippen MR) is 88.5 cm³/mol. The van der Waals surface area contributed by atoms with E-state index in [9.17, 15) is 4.79 Å². The average molecular weight is 314 g/mol. The standard InChI is InChI=1S/C17H16ClN3O/c1-10-8-12(17(22)19-3)4-5-14(10)16-11(2)21-7-6-13(18)9-15(21)20-16/h4-9H,1-3H3,(H,19,22). The predicted octanol–water partition coefficient (Wildman–Crippen LogP) is 3.63. The van der Waals surface area contributed by atoms with Gasteiger partial charge in [-0.25, -0.2) is 4.98 Å². The molecule has 0 spiro atoms. The number of halogens is 1. The van der Waals surface area contributed by atoms with E-state index in [1.54, 1.807) is 7.05 Å². The Bertz CT molecular complexity index is 883. The maximum absolute atomic E-state index is 11.7. The van der Waals surface area contributed by atoms with Crippen LogP contribution in [0.3, 0.4) is 0 Å². The first kappa shape index (κ1) is 14.6. The second-order valence-electron chi connectivity index (χ2n) is 5.23. The van der Waals surface area contributed by atoms with E-state index in [2.05, 4.69) is 10.3 Å². The molecule has 0 saturated carbocycles. The minimum absolute atomic E-state index is 0.0897. The highest BCUT2D eigenvalue weighted by molar-refractivity contribution is 6.30. The zero-order valence-corrected chi connectivity index (χ0v) is 13.4. The molecule has 112 valence electrons. The number of aryl methyl sites for hydroxylation is 2. The van der Waals surface area contributed by atoms with Crippen LogP contribution >= 0.6 is 11.6 Å². The molecular formula is C17H16ClN3O. The Morgan fingerprint density at radius 3 is 2.68 bits per heavy atom. The number of benzene rings is 1. The number of imidazole rings is 1. The van der Waals surface area contributed by atoms with Gasteiger partial charge < -0.3 is 9.72 Å². The Morgan fingerprint density at radius 1 is 1.23 bits per heavy atom. The van der Waals surface area contributed by atoms with E-state index in [1.165, 1.54) is 0 Å². The van der Waals surface area contributed by atoms with E-state index in [-0.39, 0.29) is 5.91 Å². The summed E-state index contributed by atoms with van der Waals surface area (Å²) >= 11 is 6.03. The van der Waals surface area contributed by atoms with Crippen molar-refractivity contribution in [3.8, 4) is 11.3 Å². The van der Waals surface area contributed by atoms with Crippen molar-refractivity contribution < 1.29 is 4.79 Å². The van der Waals surface area contributed by atoms with Crippen LogP contribution in [-0.2, 0) is 0 Å². The number of nitrogens with one attached hydrogen (secondary N) is 1. The molecule has 2 heterocycles. The molecular weight excluding hydrogens is 298 g/mol. The molecule has 4 nitrogen and oxygen atoms in total. The van der Waals surface area contributed by atoms with Crippen molar-refractivity contribution in [2.24, 2.45) is 0 Å². The fourth-order valence-electron chi connectivity index (χ4n) is 2.61. The quantitative estimate of drug-likeness (QED) is 0.785. The summed E-state index contributed by atoms with van der Waals surface area (Å²) in [5.41, 5.74) is 5.44. The molecule has 5 heteroatoms. The minimum atomic E-state index is -0.0897. The average Bonchev–Trinajstić information content (AvgIpc) is 2.82. The monoisotopic (exact) mass is 313 g/mol. The lowest BCUT2D eigenvalue weighted by Crippen LogP contribution is -2.17. The number of hydrogen-bond acceptors (Lipinski definition) is 2. The third-order valence-electron chi connectivity index (χ3n) is 3.80. The smallest absolute Gasteiger partial charge is 0.251 e. The summed E-state index contributed by atoms with van der Waals surface area (Å²) in [4.78, 5) is 16.4. The van der Waals surface area contributed by atoms with Crippen LogP contribution in [0.2, 0.25) is 5.02 Å². The van der Waals surface area contributed by atoms with Gasteiger partial charge in [0, 0.05) is 41.2 Å². The van der Waals surface area contributed by atoms with Gasteiger partial charge in [0.2, 0.25) is 0 Å². The summed E-state index contributed by atoms with van der Waals surface area (Å²) in [5, 5.41) is 3.30. The van der Waals surface area contributed by atoms with Gasteiger partial charge in [0.25, 0.3) is 5.91 Å². The van der Waals surface area contributed by atoms with Gasteiger partial charge >= 0.3 is 0 Å². The Hall–Kier alpha value is -2.33. The van der Waals surface area contributed by atoms with Crippen molar-refractivity contribution in [1.29, 1.82) is 0 Å². The lowest BCUT2D eigenvalue weighted by molar-refractivity contribution is 0.0963. The molecule has 0 fully saturated rings. The number of nitrogens with zero attached hydrogens (tertiary/aromatic N) is 2. The number of rotatable bonds is 2. The highest BCUT2D eigenvalue weighted by Crippen LogP contribution is 2.28. The van der Waals surface area contributed by atoms with Crippen LogP contribution < -0.4 is 5.32 Å². The normalized spacial score (nSPS) is 10.9. The zero-order valence-electron chi connectivity index (χ0n) is 12.6. The first-order valence-electron chi connectivity index (χ1n) is 6.98. The van der Waals surface area contributed by atoms with Crippen molar-refractivity contribution in [2.45, 2.75) is 13.8 Å². The van der Waals surface area contributed by atoms with E-state index in [0.717, 1.165) is 28.2 Å². The lowest BCUT2D eigenvalue weighted by Gasteiger charge is -2.07. The number of carbonyl (C=O) groups is 1. The summed E-state index contributed by atoms with van der Waals surface area (Å²) in [6.45, 7) is 4.01. The summed E-state index contributed by atoms with van der Waals surface area (Å²) in [7, 11) is 1.63. The molecule has 0 atom stereocenters. The molecule has 22 heavy (non-hydrogen) atoms. The van der Waals surface area contributed by atoms with Gasteiger partial charge in [-0.2, -0.15) is 0 Å². The molecule has 0 aliphatic rings. The van der Waals surface area contributed by atoms with Crippen LogP contribution in [0, 0.1) is 13.8 Å². The van der Waals surface area contributed by atoms with Crippen LogP contribution in [0.25, 0.3) is 16.9 Å². The molecule has 0 aliphatic heterocycles. The molecule has 1 aromatic carbocycles. The van der Waals surface area contributed by atoms with E-state index in [4.69, 9.17) is 11.6 Å². The summed E-state index contributed by atoms with van der Waals surface area (Å²) in [6, 6.07) is 9.32. The van der Waals surface area contributed by atoms with Gasteiger partial charge in [0.05, 0.1) is 5.69 Å². The summed E-state index contributed by atoms with van der Waals surface area (Å²) in [6.07, 6.45) is 1.91. The SMILES string of the molecule is CNC(=O)c1ccc(-c2nc3cc(Cl)ccn3c2C)c(C)c1. The van der Waals surface area contributed by atoms with E-state index in [0.29, 0.717) is 10.6 Å². The second-order valence-corrected chi connectivity index (χ2v) is 5.66. The van der Waals surface area contributed by atoms with E-state index < -0.39 is 0 Å². The summed E-state index contributed by atoms with van der Waals surface area (Å²) in [5.74, 6) is -0.0897. The number of hydrogen-bond donors (Lipinski definition) is 1. The Labute approximate surface area is 133 Å². The zero-order chi connectivity index (χ0) is 15.9. The molecule has 1 amide bonds. The topological polar surface area (TPSA) is 46.4 Å². The van der Waals surface area contributed by atoms with Gasteiger partial charge in [0.15, 0.2) is 0 Å². The van der Waals surface area contributed by atoms with Gasteiger partial charge in [-0.3, -0.25) is 4.79 Å². The Kier molecular flexibility index (Phi) is 3.62. The first-order valence-corrected chi connectivity index (χ1v) is 7.36. The van der Waals surface area contributed by atoms with Gasteiger partial charge in [-0.15, -0.1) is 0 Å². The van der Waals surface area contributed by atoms with Gasteiger partial charge in [-0.1, -0.05) is 17.7 Å². The van der Waals surface area contributed by atoms with Crippen molar-refractivity contribution in [3.05, 3.63) is 58.4 Å². The van der Waals surface area contributed by atoms with Crippen molar-refractivity contribution in [1.82, 2.24) is 14.7 Å². The van der Waals surface area contributed by atoms with Crippen LogP contribution in [0.5, 0.6) is 0 Å². The molecule has 0 unspecified atom stereocenters. The Balaban J connectivity index is 2.15. The maximum atomic E-state index is 11.7. The van der Waals surface area contributed by atoms with Crippen LogP contribution in [0.4, 0.5) is 0 Å². The number of aromatic nitrogens is 2. The van der Waals surface area contributed by atoms with Crippen LogP contribution in [0.1, 0.15) is 21.6 Å². The third kappa shape index (κ3) is 2.35. The molecule has 3 aromatic rings. The third-order valence-corrected chi connectivity index (χ3v) is 4.03. The van der Waals surface area contributed by atoms with Gasteiger partial charge in [-0.05, 0) is 37.6 Å². The molecule has 0 radical (unpaired) electrons. The molecule has 1 N–H and O–H groups in total. The fraction of sp³-hybridized carbons (Fsp3) is 0.176. The molecule has 0 aliphatic carbocycles.